The number of hydrogen-bond acceptors (Lipinski definition) is 6. The second-order valence-electron chi connectivity index (χ2n) is 6.96. The molecule has 0 unspecified atom stereocenters. The summed E-state index contributed by atoms with van der Waals surface area (Å²) in [5.41, 5.74) is 1.64. The van der Waals surface area contributed by atoms with Crippen LogP contribution in [0.3, 0.4) is 0 Å². The van der Waals surface area contributed by atoms with Crippen molar-refractivity contribution >= 4 is 5.91 Å². The van der Waals surface area contributed by atoms with E-state index in [1.165, 1.54) is 0 Å². The Hall–Kier alpha value is -2.38. The Kier molecular flexibility index (Phi) is 4.65. The highest BCUT2D eigenvalue weighted by atomic mass is 16.5. The SMILES string of the molecule is Cc1cccc(CO[C@H]2CCOC3(C2)CN(C(=O)c2ncccn2)C3)n1. The number of likely N-dealkylation sites (tertiary alicyclic amines) is 1. The van der Waals surface area contributed by atoms with Crippen molar-refractivity contribution in [3.8, 4) is 0 Å². The van der Waals surface area contributed by atoms with Crippen LogP contribution in [-0.2, 0) is 16.1 Å². The molecule has 4 heterocycles. The van der Waals surface area contributed by atoms with Gasteiger partial charge in [0, 0.05) is 31.1 Å². The van der Waals surface area contributed by atoms with E-state index in [1.54, 1.807) is 23.4 Å². The van der Waals surface area contributed by atoms with Gasteiger partial charge >= 0.3 is 0 Å². The molecular weight excluding hydrogens is 332 g/mol. The number of aryl methyl sites for hydroxylation is 1. The van der Waals surface area contributed by atoms with E-state index in [4.69, 9.17) is 9.47 Å². The lowest BCUT2D eigenvalue weighted by molar-refractivity contribution is -0.188. The van der Waals surface area contributed by atoms with E-state index >= 15 is 0 Å². The maximum Gasteiger partial charge on any atom is 0.291 e. The van der Waals surface area contributed by atoms with Gasteiger partial charge in [-0.3, -0.25) is 9.78 Å². The van der Waals surface area contributed by atoms with Crippen molar-refractivity contribution < 1.29 is 14.3 Å². The summed E-state index contributed by atoms with van der Waals surface area (Å²) < 4.78 is 12.1. The molecule has 4 rings (SSSR count). The van der Waals surface area contributed by atoms with Crippen LogP contribution >= 0.6 is 0 Å². The molecule has 0 aromatic carbocycles. The number of aromatic nitrogens is 3. The van der Waals surface area contributed by atoms with Gasteiger partial charge in [0.15, 0.2) is 0 Å². The van der Waals surface area contributed by atoms with Crippen LogP contribution in [0.4, 0.5) is 0 Å². The van der Waals surface area contributed by atoms with Crippen LogP contribution in [0, 0.1) is 6.92 Å². The molecule has 2 aliphatic rings. The smallest absolute Gasteiger partial charge is 0.291 e. The highest BCUT2D eigenvalue weighted by Crippen LogP contribution is 2.36. The Balaban J connectivity index is 1.31. The average Bonchev–Trinajstić information content (AvgIpc) is 2.65. The molecule has 2 fully saturated rings. The molecule has 26 heavy (non-hydrogen) atoms. The molecule has 2 aromatic rings. The highest BCUT2D eigenvalue weighted by molar-refractivity contribution is 5.91. The van der Waals surface area contributed by atoms with Crippen molar-refractivity contribution in [2.75, 3.05) is 19.7 Å². The Morgan fingerprint density at radius 2 is 2.12 bits per heavy atom. The fourth-order valence-electron chi connectivity index (χ4n) is 3.57. The predicted octanol–water partition coefficient (Wildman–Crippen LogP) is 1.77. The van der Waals surface area contributed by atoms with Gasteiger partial charge in [-0.05, 0) is 31.5 Å². The molecule has 0 N–H and O–H groups in total. The van der Waals surface area contributed by atoms with Crippen LogP contribution in [0.5, 0.6) is 0 Å². The van der Waals surface area contributed by atoms with Crippen molar-refractivity contribution in [3.63, 3.8) is 0 Å². The number of nitrogens with zero attached hydrogens (tertiary/aromatic N) is 4. The molecule has 1 spiro atoms. The number of amides is 1. The lowest BCUT2D eigenvalue weighted by Gasteiger charge is -2.52. The third kappa shape index (κ3) is 3.59. The normalized spacial score (nSPS) is 21.4. The number of hydrogen-bond donors (Lipinski definition) is 0. The van der Waals surface area contributed by atoms with Crippen molar-refractivity contribution in [2.45, 2.75) is 38.1 Å². The summed E-state index contributed by atoms with van der Waals surface area (Å²) in [4.78, 5) is 26.6. The van der Waals surface area contributed by atoms with Crippen LogP contribution in [-0.4, -0.2) is 57.2 Å². The van der Waals surface area contributed by atoms with Crippen molar-refractivity contribution in [1.29, 1.82) is 0 Å². The zero-order valence-electron chi connectivity index (χ0n) is 14.8. The van der Waals surface area contributed by atoms with Gasteiger partial charge in [-0.2, -0.15) is 0 Å². The fourth-order valence-corrected chi connectivity index (χ4v) is 3.57. The maximum atomic E-state index is 12.4. The topological polar surface area (TPSA) is 77.4 Å². The van der Waals surface area contributed by atoms with Gasteiger partial charge in [0.1, 0.15) is 5.60 Å². The first-order valence-electron chi connectivity index (χ1n) is 8.88. The van der Waals surface area contributed by atoms with E-state index in [0.717, 1.165) is 24.2 Å². The van der Waals surface area contributed by atoms with Crippen LogP contribution in [0.1, 0.15) is 34.8 Å². The molecule has 0 aliphatic carbocycles. The molecule has 2 saturated heterocycles. The monoisotopic (exact) mass is 354 g/mol. The molecule has 0 radical (unpaired) electrons. The molecule has 1 atom stereocenters. The van der Waals surface area contributed by atoms with Gasteiger partial charge in [0.25, 0.3) is 5.91 Å². The molecular formula is C19H22N4O3. The first-order chi connectivity index (χ1) is 12.6. The molecule has 7 heteroatoms. The fraction of sp³-hybridized carbons (Fsp3) is 0.474. The first kappa shape index (κ1) is 17.1. The van der Waals surface area contributed by atoms with Crippen LogP contribution in [0.15, 0.2) is 36.7 Å². The van der Waals surface area contributed by atoms with E-state index in [-0.39, 0.29) is 23.4 Å². The zero-order valence-corrected chi connectivity index (χ0v) is 14.8. The molecule has 1 amide bonds. The van der Waals surface area contributed by atoms with Gasteiger partial charge in [-0.25, -0.2) is 9.97 Å². The Bertz CT molecular complexity index is 777. The zero-order chi connectivity index (χ0) is 18.0. The number of carbonyl (C=O) groups excluding carboxylic acids is 1. The van der Waals surface area contributed by atoms with Crippen molar-refractivity contribution in [1.82, 2.24) is 19.9 Å². The minimum atomic E-state index is -0.298. The predicted molar refractivity (Wildman–Crippen MR) is 93.4 cm³/mol. The molecule has 136 valence electrons. The van der Waals surface area contributed by atoms with Gasteiger partial charge in [-0.15, -0.1) is 0 Å². The molecule has 2 aromatic heterocycles. The molecule has 2 aliphatic heterocycles. The summed E-state index contributed by atoms with van der Waals surface area (Å²) in [6.45, 7) is 4.25. The average molecular weight is 354 g/mol. The summed E-state index contributed by atoms with van der Waals surface area (Å²) in [5, 5.41) is 0. The number of ether oxygens (including phenoxy) is 2. The summed E-state index contributed by atoms with van der Waals surface area (Å²) in [6.07, 6.45) is 4.93. The lowest BCUT2D eigenvalue weighted by Crippen LogP contribution is -2.67. The van der Waals surface area contributed by atoms with Crippen LogP contribution in [0.25, 0.3) is 0 Å². The molecule has 7 nitrogen and oxygen atoms in total. The van der Waals surface area contributed by atoms with Crippen molar-refractivity contribution in [2.24, 2.45) is 0 Å². The number of pyridine rings is 1. The lowest BCUT2D eigenvalue weighted by atomic mass is 9.84. The molecule has 0 saturated carbocycles. The summed E-state index contributed by atoms with van der Waals surface area (Å²) in [6, 6.07) is 7.65. The highest BCUT2D eigenvalue weighted by Gasteiger charge is 2.50. The Labute approximate surface area is 152 Å². The van der Waals surface area contributed by atoms with E-state index < -0.39 is 0 Å². The number of rotatable bonds is 4. The second-order valence-corrected chi connectivity index (χ2v) is 6.96. The van der Waals surface area contributed by atoms with Crippen LogP contribution in [0.2, 0.25) is 0 Å². The minimum absolute atomic E-state index is 0.122. The quantitative estimate of drug-likeness (QED) is 0.833. The van der Waals surface area contributed by atoms with E-state index in [9.17, 15) is 4.79 Å². The van der Waals surface area contributed by atoms with E-state index in [2.05, 4.69) is 15.0 Å². The maximum absolute atomic E-state index is 12.4. The van der Waals surface area contributed by atoms with E-state index in [1.807, 2.05) is 25.1 Å². The number of carbonyl (C=O) groups is 1. The van der Waals surface area contributed by atoms with Gasteiger partial charge in [0.05, 0.1) is 31.5 Å². The first-order valence-corrected chi connectivity index (χ1v) is 8.88. The Morgan fingerprint density at radius 3 is 2.88 bits per heavy atom. The summed E-state index contributed by atoms with van der Waals surface area (Å²) in [7, 11) is 0. The van der Waals surface area contributed by atoms with Gasteiger partial charge in [-0.1, -0.05) is 6.07 Å². The minimum Gasteiger partial charge on any atom is -0.372 e. The third-order valence-corrected chi connectivity index (χ3v) is 4.86. The summed E-state index contributed by atoms with van der Waals surface area (Å²) >= 11 is 0. The van der Waals surface area contributed by atoms with Crippen molar-refractivity contribution in [3.05, 3.63) is 53.9 Å². The van der Waals surface area contributed by atoms with Gasteiger partial charge in [0.2, 0.25) is 5.82 Å². The second kappa shape index (κ2) is 7.09. The molecule has 0 bridgehead atoms. The summed E-state index contributed by atoms with van der Waals surface area (Å²) in [5.74, 6) is 0.0864. The van der Waals surface area contributed by atoms with E-state index in [0.29, 0.717) is 26.3 Å². The standard InChI is InChI=1S/C19H22N4O3/c1-14-4-2-5-15(22-14)11-25-16-6-9-26-19(10-16)12-23(13-19)18(24)17-20-7-3-8-21-17/h2-5,7-8,16H,6,9-13H2,1H3/t16-/m0/s1. The Morgan fingerprint density at radius 1 is 1.31 bits per heavy atom. The third-order valence-electron chi connectivity index (χ3n) is 4.86. The van der Waals surface area contributed by atoms with Gasteiger partial charge < -0.3 is 14.4 Å². The largest absolute Gasteiger partial charge is 0.372 e. The van der Waals surface area contributed by atoms with Crippen LogP contribution < -0.4 is 0 Å².